The summed E-state index contributed by atoms with van der Waals surface area (Å²) in [6, 6.07) is 10.8. The van der Waals surface area contributed by atoms with Crippen LogP contribution in [0.2, 0.25) is 5.02 Å². The first kappa shape index (κ1) is 14.3. The molecule has 0 saturated carbocycles. The summed E-state index contributed by atoms with van der Waals surface area (Å²) >= 11 is 6.10. The van der Waals surface area contributed by atoms with Gasteiger partial charge in [0.25, 0.3) is 11.8 Å². The number of halogens is 1. The van der Waals surface area contributed by atoms with Gasteiger partial charge in [-0.2, -0.15) is 0 Å². The summed E-state index contributed by atoms with van der Waals surface area (Å²) in [6.07, 6.45) is 0. The molecule has 3 rings (SSSR count). The van der Waals surface area contributed by atoms with Crippen molar-refractivity contribution in [1.82, 2.24) is 0 Å². The minimum absolute atomic E-state index is 0.163. The van der Waals surface area contributed by atoms with Crippen LogP contribution in [0, 0.1) is 0 Å². The van der Waals surface area contributed by atoms with E-state index in [-0.39, 0.29) is 16.3 Å². The van der Waals surface area contributed by atoms with Crippen molar-refractivity contribution in [2.75, 3.05) is 12.0 Å². The molecule has 0 N–H and O–H groups in total. The Morgan fingerprint density at radius 2 is 1.64 bits per heavy atom. The summed E-state index contributed by atoms with van der Waals surface area (Å²) in [5.74, 6) is -1.51. The molecule has 0 aromatic heterocycles. The van der Waals surface area contributed by atoms with Crippen molar-refractivity contribution in [3.63, 3.8) is 0 Å². The van der Waals surface area contributed by atoms with Crippen LogP contribution in [0.15, 0.2) is 42.5 Å². The van der Waals surface area contributed by atoms with Gasteiger partial charge in [-0.3, -0.25) is 9.59 Å². The Hall–Kier alpha value is -2.66. The lowest BCUT2D eigenvalue weighted by Crippen LogP contribution is -2.29. The van der Waals surface area contributed by atoms with Gasteiger partial charge in [0, 0.05) is 0 Å². The van der Waals surface area contributed by atoms with Crippen LogP contribution in [0.25, 0.3) is 0 Å². The molecule has 0 saturated heterocycles. The van der Waals surface area contributed by atoms with E-state index in [1.54, 1.807) is 24.3 Å². The van der Waals surface area contributed by atoms with E-state index < -0.39 is 17.8 Å². The molecule has 0 aliphatic carbocycles. The molecule has 1 heterocycles. The fraction of sp³-hybridized carbons (Fsp3) is 0.0625. The molecule has 0 radical (unpaired) electrons. The molecule has 1 aliphatic heterocycles. The van der Waals surface area contributed by atoms with Gasteiger partial charge in [-0.1, -0.05) is 23.7 Å². The van der Waals surface area contributed by atoms with Crippen molar-refractivity contribution in [2.24, 2.45) is 0 Å². The predicted molar refractivity (Wildman–Crippen MR) is 80.4 cm³/mol. The number of ether oxygens (including phenoxy) is 1. The number of carbonyl (C=O) groups is 3. The van der Waals surface area contributed by atoms with Gasteiger partial charge < -0.3 is 4.74 Å². The number of methoxy groups -OCH3 is 1. The lowest BCUT2D eigenvalue weighted by Gasteiger charge is -2.16. The molecule has 5 nitrogen and oxygen atoms in total. The highest BCUT2D eigenvalue weighted by Crippen LogP contribution is 2.34. The summed E-state index contributed by atoms with van der Waals surface area (Å²) in [6.45, 7) is 0. The second-order valence-electron chi connectivity index (χ2n) is 4.65. The van der Waals surface area contributed by atoms with Gasteiger partial charge in [-0.15, -0.1) is 0 Å². The Balaban J connectivity index is 2.11. The Bertz CT molecular complexity index is 781. The number of amides is 2. The molecule has 0 atom stereocenters. The van der Waals surface area contributed by atoms with Gasteiger partial charge in [0.15, 0.2) is 0 Å². The quantitative estimate of drug-likeness (QED) is 0.631. The van der Waals surface area contributed by atoms with Crippen LogP contribution >= 0.6 is 11.6 Å². The fourth-order valence-electron chi connectivity index (χ4n) is 2.34. The molecule has 2 aromatic rings. The third kappa shape index (κ3) is 2.07. The SMILES string of the molecule is COC(=O)c1ccc(Cl)c(N2C(=O)c3ccccc3C2=O)c1. The number of fused-ring (bicyclic) bond motifs is 1. The van der Waals surface area contributed by atoms with Gasteiger partial charge in [-0.05, 0) is 30.3 Å². The molecule has 0 unspecified atom stereocenters. The molecule has 6 heteroatoms. The normalized spacial score (nSPS) is 13.3. The maximum atomic E-state index is 12.4. The summed E-state index contributed by atoms with van der Waals surface area (Å²) in [5, 5.41) is 0.196. The highest BCUT2D eigenvalue weighted by molar-refractivity contribution is 6.40. The average molecular weight is 316 g/mol. The number of hydrogen-bond donors (Lipinski definition) is 0. The number of rotatable bonds is 2. The molecule has 2 aromatic carbocycles. The van der Waals surface area contributed by atoms with Crippen molar-refractivity contribution >= 4 is 35.1 Å². The number of carbonyl (C=O) groups excluding carboxylic acids is 3. The first-order valence-electron chi connectivity index (χ1n) is 6.40. The molecule has 0 fully saturated rings. The minimum atomic E-state index is -0.575. The number of esters is 1. The lowest BCUT2D eigenvalue weighted by atomic mass is 10.1. The standard InChI is InChI=1S/C16H10ClNO4/c1-22-16(21)9-6-7-12(17)13(8-9)18-14(19)10-4-2-3-5-11(10)15(18)20/h2-8H,1H3. The van der Waals surface area contributed by atoms with Crippen LogP contribution < -0.4 is 4.90 Å². The average Bonchev–Trinajstić information content (AvgIpc) is 2.79. The van der Waals surface area contributed by atoms with E-state index in [4.69, 9.17) is 11.6 Å². The summed E-state index contributed by atoms with van der Waals surface area (Å²) in [5.41, 5.74) is 0.994. The molecule has 0 bridgehead atoms. The molecule has 110 valence electrons. The molecule has 1 aliphatic rings. The molecule has 2 amide bonds. The number of anilines is 1. The Morgan fingerprint density at radius 3 is 2.18 bits per heavy atom. The topological polar surface area (TPSA) is 63.7 Å². The van der Waals surface area contributed by atoms with E-state index in [1.807, 2.05) is 0 Å². The zero-order chi connectivity index (χ0) is 15.9. The van der Waals surface area contributed by atoms with Crippen LogP contribution in [0.3, 0.4) is 0 Å². The van der Waals surface area contributed by atoms with Crippen LogP contribution in [-0.4, -0.2) is 24.9 Å². The highest BCUT2D eigenvalue weighted by atomic mass is 35.5. The monoisotopic (exact) mass is 315 g/mol. The predicted octanol–water partition coefficient (Wildman–Crippen LogP) is 2.93. The van der Waals surface area contributed by atoms with Crippen molar-refractivity contribution in [2.45, 2.75) is 0 Å². The number of imide groups is 1. The zero-order valence-corrected chi connectivity index (χ0v) is 12.3. The smallest absolute Gasteiger partial charge is 0.337 e. The highest BCUT2D eigenvalue weighted by Gasteiger charge is 2.37. The molecule has 0 spiro atoms. The second kappa shape index (κ2) is 5.27. The number of benzene rings is 2. The van der Waals surface area contributed by atoms with E-state index in [2.05, 4.69) is 4.74 Å². The fourth-order valence-corrected chi connectivity index (χ4v) is 2.54. The van der Waals surface area contributed by atoms with E-state index in [1.165, 1.54) is 25.3 Å². The first-order valence-corrected chi connectivity index (χ1v) is 6.78. The lowest BCUT2D eigenvalue weighted by molar-refractivity contribution is 0.0600. The Morgan fingerprint density at radius 1 is 1.05 bits per heavy atom. The van der Waals surface area contributed by atoms with Gasteiger partial charge in [0.1, 0.15) is 0 Å². The van der Waals surface area contributed by atoms with Crippen molar-refractivity contribution in [3.8, 4) is 0 Å². The van der Waals surface area contributed by atoms with Gasteiger partial charge in [0.05, 0.1) is 34.5 Å². The second-order valence-corrected chi connectivity index (χ2v) is 5.06. The summed E-state index contributed by atoms with van der Waals surface area (Å²) < 4.78 is 4.64. The largest absolute Gasteiger partial charge is 0.465 e. The van der Waals surface area contributed by atoms with Crippen molar-refractivity contribution in [3.05, 3.63) is 64.2 Å². The first-order chi connectivity index (χ1) is 10.5. The van der Waals surface area contributed by atoms with Crippen LogP contribution in [0.5, 0.6) is 0 Å². The summed E-state index contributed by atoms with van der Waals surface area (Å²) in [4.78, 5) is 37.5. The molecular weight excluding hydrogens is 306 g/mol. The van der Waals surface area contributed by atoms with Gasteiger partial charge >= 0.3 is 5.97 Å². The maximum Gasteiger partial charge on any atom is 0.337 e. The minimum Gasteiger partial charge on any atom is -0.465 e. The van der Waals surface area contributed by atoms with Crippen LogP contribution in [0.4, 0.5) is 5.69 Å². The van der Waals surface area contributed by atoms with E-state index in [9.17, 15) is 14.4 Å². The van der Waals surface area contributed by atoms with Gasteiger partial charge in [-0.25, -0.2) is 9.69 Å². The molecule has 22 heavy (non-hydrogen) atoms. The zero-order valence-electron chi connectivity index (χ0n) is 11.5. The van der Waals surface area contributed by atoms with E-state index in [0.29, 0.717) is 11.1 Å². The maximum absolute atomic E-state index is 12.4. The van der Waals surface area contributed by atoms with E-state index in [0.717, 1.165) is 4.90 Å². The number of hydrogen-bond acceptors (Lipinski definition) is 4. The third-order valence-electron chi connectivity index (χ3n) is 3.40. The Labute approximate surface area is 131 Å². The summed E-state index contributed by atoms with van der Waals surface area (Å²) in [7, 11) is 1.25. The van der Waals surface area contributed by atoms with Crippen LogP contribution in [0.1, 0.15) is 31.1 Å². The Kier molecular flexibility index (Phi) is 3.42. The third-order valence-corrected chi connectivity index (χ3v) is 3.72. The molecular formula is C16H10ClNO4. The van der Waals surface area contributed by atoms with Crippen LogP contribution in [-0.2, 0) is 4.74 Å². The van der Waals surface area contributed by atoms with Crippen molar-refractivity contribution in [1.29, 1.82) is 0 Å². The van der Waals surface area contributed by atoms with E-state index >= 15 is 0 Å². The van der Waals surface area contributed by atoms with Crippen molar-refractivity contribution < 1.29 is 19.1 Å². The number of nitrogens with zero attached hydrogens (tertiary/aromatic N) is 1. The van der Waals surface area contributed by atoms with Gasteiger partial charge in [0.2, 0.25) is 0 Å².